The normalized spacial score (nSPS) is 9.94. The van der Waals surface area contributed by atoms with E-state index in [0.717, 1.165) is 17.1 Å². The zero-order chi connectivity index (χ0) is 12.3. The van der Waals surface area contributed by atoms with E-state index >= 15 is 0 Å². The van der Waals surface area contributed by atoms with Crippen LogP contribution in [0.2, 0.25) is 0 Å². The Bertz CT molecular complexity index is 547. The van der Waals surface area contributed by atoms with E-state index in [1.807, 2.05) is 26.2 Å². The molecule has 0 aliphatic heterocycles. The largest absolute Gasteiger partial charge is 0.366 e. The van der Waals surface area contributed by atoms with Crippen molar-refractivity contribution in [3.05, 3.63) is 41.3 Å². The van der Waals surface area contributed by atoms with E-state index in [4.69, 9.17) is 5.26 Å². The predicted octanol–water partition coefficient (Wildman–Crippen LogP) is 1.61. The summed E-state index contributed by atoms with van der Waals surface area (Å²) < 4.78 is 1.79. The average Bonchev–Trinajstić information content (AvgIpc) is 2.66. The number of aromatic nitrogens is 3. The number of nitrogens with one attached hydrogen (secondary N) is 1. The van der Waals surface area contributed by atoms with Crippen molar-refractivity contribution >= 4 is 5.82 Å². The van der Waals surface area contributed by atoms with Crippen LogP contribution in [0, 0.1) is 18.3 Å². The maximum absolute atomic E-state index is 8.65. The van der Waals surface area contributed by atoms with Crippen LogP contribution in [0.1, 0.15) is 16.8 Å². The minimum atomic E-state index is 0.563. The fourth-order valence-corrected chi connectivity index (χ4v) is 1.57. The Hall–Kier alpha value is -2.35. The predicted molar refractivity (Wildman–Crippen MR) is 64.2 cm³/mol. The van der Waals surface area contributed by atoms with Gasteiger partial charge in [-0.25, -0.2) is 4.98 Å². The molecule has 5 nitrogen and oxygen atoms in total. The molecule has 0 fully saturated rings. The summed E-state index contributed by atoms with van der Waals surface area (Å²) in [6, 6.07) is 5.57. The highest BCUT2D eigenvalue weighted by Crippen LogP contribution is 2.09. The van der Waals surface area contributed by atoms with E-state index in [2.05, 4.69) is 15.4 Å². The van der Waals surface area contributed by atoms with Gasteiger partial charge < -0.3 is 5.32 Å². The van der Waals surface area contributed by atoms with Gasteiger partial charge in [0.1, 0.15) is 11.9 Å². The van der Waals surface area contributed by atoms with E-state index in [1.165, 1.54) is 0 Å². The van der Waals surface area contributed by atoms with Crippen molar-refractivity contribution in [2.45, 2.75) is 13.5 Å². The Balaban J connectivity index is 2.02. The van der Waals surface area contributed by atoms with Gasteiger partial charge in [0.05, 0.1) is 11.3 Å². The van der Waals surface area contributed by atoms with Crippen molar-refractivity contribution in [3.63, 3.8) is 0 Å². The number of aryl methyl sites for hydroxylation is 2. The second kappa shape index (κ2) is 4.66. The maximum atomic E-state index is 8.65. The number of hydrogen-bond donors (Lipinski definition) is 1. The molecular formula is C12H13N5. The Morgan fingerprint density at radius 2 is 2.29 bits per heavy atom. The summed E-state index contributed by atoms with van der Waals surface area (Å²) in [6.07, 6.45) is 3.53. The van der Waals surface area contributed by atoms with Crippen LogP contribution in [0.15, 0.2) is 24.5 Å². The van der Waals surface area contributed by atoms with E-state index in [0.29, 0.717) is 12.1 Å². The van der Waals surface area contributed by atoms with Crippen molar-refractivity contribution in [1.29, 1.82) is 5.26 Å². The van der Waals surface area contributed by atoms with Crippen molar-refractivity contribution in [2.75, 3.05) is 5.32 Å². The van der Waals surface area contributed by atoms with Gasteiger partial charge in [-0.3, -0.25) is 4.68 Å². The number of anilines is 1. The Kier molecular flexibility index (Phi) is 3.06. The monoisotopic (exact) mass is 227 g/mol. The van der Waals surface area contributed by atoms with E-state index in [1.54, 1.807) is 23.0 Å². The summed E-state index contributed by atoms with van der Waals surface area (Å²) >= 11 is 0. The summed E-state index contributed by atoms with van der Waals surface area (Å²) in [4.78, 5) is 4.14. The van der Waals surface area contributed by atoms with E-state index in [9.17, 15) is 0 Å². The van der Waals surface area contributed by atoms with Crippen LogP contribution >= 0.6 is 0 Å². The molecular weight excluding hydrogens is 214 g/mol. The Morgan fingerprint density at radius 1 is 1.47 bits per heavy atom. The summed E-state index contributed by atoms with van der Waals surface area (Å²) in [5, 5.41) is 16.1. The Morgan fingerprint density at radius 3 is 2.82 bits per heavy atom. The third-order valence-electron chi connectivity index (χ3n) is 2.47. The summed E-state index contributed by atoms with van der Waals surface area (Å²) in [5.74, 6) is 0.757. The molecule has 0 atom stereocenters. The summed E-state index contributed by atoms with van der Waals surface area (Å²) in [7, 11) is 1.90. The van der Waals surface area contributed by atoms with Gasteiger partial charge >= 0.3 is 0 Å². The van der Waals surface area contributed by atoms with Crippen molar-refractivity contribution in [1.82, 2.24) is 14.8 Å². The van der Waals surface area contributed by atoms with Crippen LogP contribution in [0.4, 0.5) is 5.82 Å². The molecule has 0 aromatic carbocycles. The molecule has 5 heteroatoms. The number of rotatable bonds is 3. The first kappa shape index (κ1) is 11.1. The highest BCUT2D eigenvalue weighted by atomic mass is 15.3. The lowest BCUT2D eigenvalue weighted by Gasteiger charge is -2.03. The SMILES string of the molecule is Cc1nn(C)cc1CNc1ccc(C#N)cn1. The molecule has 0 saturated heterocycles. The number of hydrogen-bond acceptors (Lipinski definition) is 4. The van der Waals surface area contributed by atoms with E-state index in [-0.39, 0.29) is 0 Å². The van der Waals surface area contributed by atoms with Gasteiger partial charge in [-0.15, -0.1) is 0 Å². The van der Waals surface area contributed by atoms with Gasteiger partial charge in [-0.2, -0.15) is 10.4 Å². The second-order valence-corrected chi connectivity index (χ2v) is 3.81. The molecule has 86 valence electrons. The summed E-state index contributed by atoms with van der Waals surface area (Å²) in [6.45, 7) is 2.65. The number of nitriles is 1. The number of pyridine rings is 1. The summed E-state index contributed by atoms with van der Waals surface area (Å²) in [5.41, 5.74) is 2.71. The van der Waals surface area contributed by atoms with Crippen molar-refractivity contribution in [3.8, 4) is 6.07 Å². The lowest BCUT2D eigenvalue weighted by Crippen LogP contribution is -2.01. The zero-order valence-corrected chi connectivity index (χ0v) is 9.81. The molecule has 1 N–H and O–H groups in total. The molecule has 0 radical (unpaired) electrons. The fraction of sp³-hybridized carbons (Fsp3) is 0.250. The number of nitrogens with zero attached hydrogens (tertiary/aromatic N) is 4. The molecule has 0 amide bonds. The van der Waals surface area contributed by atoms with Gasteiger partial charge in [0.25, 0.3) is 0 Å². The quantitative estimate of drug-likeness (QED) is 0.865. The molecule has 0 unspecified atom stereocenters. The third-order valence-corrected chi connectivity index (χ3v) is 2.47. The minimum absolute atomic E-state index is 0.563. The van der Waals surface area contributed by atoms with Gasteiger partial charge in [-0.1, -0.05) is 0 Å². The lowest BCUT2D eigenvalue weighted by molar-refractivity contribution is 0.756. The van der Waals surface area contributed by atoms with Gasteiger partial charge in [0.15, 0.2) is 0 Å². The third kappa shape index (κ3) is 2.61. The smallest absolute Gasteiger partial charge is 0.126 e. The molecule has 0 bridgehead atoms. The first-order chi connectivity index (χ1) is 8.19. The lowest BCUT2D eigenvalue weighted by atomic mass is 10.2. The van der Waals surface area contributed by atoms with Crippen molar-refractivity contribution in [2.24, 2.45) is 7.05 Å². The van der Waals surface area contributed by atoms with Crippen LogP contribution in [-0.2, 0) is 13.6 Å². The zero-order valence-electron chi connectivity index (χ0n) is 9.81. The second-order valence-electron chi connectivity index (χ2n) is 3.81. The molecule has 2 heterocycles. The first-order valence-corrected chi connectivity index (χ1v) is 5.28. The van der Waals surface area contributed by atoms with Crippen LogP contribution in [-0.4, -0.2) is 14.8 Å². The van der Waals surface area contributed by atoms with Gasteiger partial charge in [0, 0.05) is 31.5 Å². The molecule has 2 aromatic heterocycles. The molecule has 17 heavy (non-hydrogen) atoms. The van der Waals surface area contributed by atoms with Crippen LogP contribution in [0.3, 0.4) is 0 Å². The highest BCUT2D eigenvalue weighted by molar-refractivity contribution is 5.39. The Labute approximate surface area is 99.7 Å². The molecule has 0 spiro atoms. The molecule has 0 saturated carbocycles. The van der Waals surface area contributed by atoms with Gasteiger partial charge in [0.2, 0.25) is 0 Å². The fourth-order valence-electron chi connectivity index (χ4n) is 1.57. The first-order valence-electron chi connectivity index (χ1n) is 5.28. The molecule has 2 rings (SSSR count). The molecule has 2 aromatic rings. The van der Waals surface area contributed by atoms with Crippen LogP contribution < -0.4 is 5.32 Å². The minimum Gasteiger partial charge on any atom is -0.366 e. The average molecular weight is 227 g/mol. The standard InChI is InChI=1S/C12H13N5/c1-9-11(8-17(2)16-9)7-15-12-4-3-10(5-13)6-14-12/h3-4,6,8H,7H2,1-2H3,(H,14,15). The van der Waals surface area contributed by atoms with Crippen molar-refractivity contribution < 1.29 is 0 Å². The molecule has 0 aliphatic rings. The van der Waals surface area contributed by atoms with Crippen LogP contribution in [0.25, 0.3) is 0 Å². The highest BCUT2D eigenvalue weighted by Gasteiger charge is 2.02. The topological polar surface area (TPSA) is 66.5 Å². The van der Waals surface area contributed by atoms with Crippen LogP contribution in [0.5, 0.6) is 0 Å². The van der Waals surface area contributed by atoms with E-state index < -0.39 is 0 Å². The molecule has 0 aliphatic carbocycles. The van der Waals surface area contributed by atoms with Gasteiger partial charge in [-0.05, 0) is 19.1 Å². The maximum Gasteiger partial charge on any atom is 0.126 e.